The Morgan fingerprint density at radius 3 is 2.65 bits per heavy atom. The second-order valence-corrected chi connectivity index (χ2v) is 3.76. The smallest absolute Gasteiger partial charge is 0.356 e. The average molecular weight is 524 g/mol. The fourth-order valence-electron chi connectivity index (χ4n) is 1.55. The van der Waals surface area contributed by atoms with Gasteiger partial charge in [-0.1, -0.05) is 0 Å². The number of methoxy groups -OCH3 is 1. The van der Waals surface area contributed by atoms with Crippen LogP contribution in [-0.4, -0.2) is 41.7 Å². The van der Waals surface area contributed by atoms with Gasteiger partial charge in [0, 0.05) is 19.0 Å². The van der Waals surface area contributed by atoms with Crippen LogP contribution in [-0.2, 0) is 21.4 Å². The Morgan fingerprint density at radius 2 is 2.10 bits per heavy atom. The van der Waals surface area contributed by atoms with Gasteiger partial charge in [-0.3, -0.25) is 9.48 Å². The molecule has 0 aliphatic rings. The summed E-state index contributed by atoms with van der Waals surface area (Å²) in [7, 11) is 2.85. The van der Waals surface area contributed by atoms with Gasteiger partial charge in [-0.25, -0.2) is 4.79 Å². The molecule has 0 aromatic carbocycles. The van der Waals surface area contributed by atoms with Gasteiger partial charge in [-0.15, -0.1) is 0 Å². The molecular formula is C11H15FmN4O4-. The van der Waals surface area contributed by atoms with E-state index in [1.54, 1.807) is 14.0 Å². The molecule has 0 aliphatic carbocycles. The second kappa shape index (κ2) is 7.14. The molecule has 9 heteroatoms. The van der Waals surface area contributed by atoms with Gasteiger partial charge in [0.25, 0.3) is 0 Å². The van der Waals surface area contributed by atoms with Crippen LogP contribution in [0.15, 0.2) is 0 Å². The van der Waals surface area contributed by atoms with E-state index in [4.69, 9.17) is 0 Å². The van der Waals surface area contributed by atoms with Crippen molar-refractivity contribution < 1.29 is 19.1 Å². The summed E-state index contributed by atoms with van der Waals surface area (Å²) in [5.74, 6) is -0.548. The summed E-state index contributed by atoms with van der Waals surface area (Å²) < 4.78 is 5.97. The van der Waals surface area contributed by atoms with Gasteiger partial charge in [0.05, 0.1) is 7.11 Å². The summed E-state index contributed by atoms with van der Waals surface area (Å²) in [4.78, 5) is 33.0. The van der Waals surface area contributed by atoms with E-state index in [0.717, 1.165) is 0 Å². The van der Waals surface area contributed by atoms with Gasteiger partial charge >= 0.3 is 5.97 Å². The Bertz CT molecular complexity index is 501. The predicted molar refractivity (Wildman–Crippen MR) is 66.2 cm³/mol. The molecule has 1 heterocycles. The molecule has 116 valence electrons. The van der Waals surface area contributed by atoms with Crippen molar-refractivity contribution in [2.24, 2.45) is 7.05 Å². The van der Waals surface area contributed by atoms with Crippen LogP contribution < -0.4 is 10.6 Å². The van der Waals surface area contributed by atoms with Crippen molar-refractivity contribution in [2.45, 2.75) is 13.3 Å². The zero-order valence-corrected chi connectivity index (χ0v) is 13.6. The number of nitrogens with zero attached hydrogens (tertiary/aromatic N) is 2. The number of aryl methyl sites for hydroxylation is 1. The summed E-state index contributed by atoms with van der Waals surface area (Å²) in [6.45, 7) is 1.84. The van der Waals surface area contributed by atoms with E-state index < -0.39 is 5.97 Å². The van der Waals surface area contributed by atoms with Gasteiger partial charge in [-0.2, -0.15) is 11.5 Å². The number of carbonyl (C=O) groups is 2. The first kappa shape index (κ1) is 16.6. The summed E-state index contributed by atoms with van der Waals surface area (Å²) in [5, 5.41) is 8.85. The first-order valence-electron chi connectivity index (χ1n) is 5.53. The predicted octanol–water partition coefficient (Wildman–Crippen LogP) is -0.499. The molecule has 2 amide bonds. The Hall–Kier alpha value is -3.38. The summed E-state index contributed by atoms with van der Waals surface area (Å²) >= 11 is 0. The van der Waals surface area contributed by atoms with Crippen LogP contribution in [0.2, 0.25) is 0 Å². The van der Waals surface area contributed by atoms with E-state index in [1.165, 1.54) is 18.2 Å². The molecule has 1 rings (SSSR count). The first-order chi connectivity index (χ1) is 9.01. The third-order valence-electron chi connectivity index (χ3n) is 2.47. The van der Waals surface area contributed by atoms with Crippen LogP contribution in [0.4, 0.5) is 5.82 Å². The zero-order chi connectivity index (χ0) is 14.4. The molecule has 0 fully saturated rings. The van der Waals surface area contributed by atoms with Crippen molar-refractivity contribution in [3.63, 3.8) is 0 Å². The topological polar surface area (TPSA) is 102 Å². The molecule has 0 bridgehead atoms. The Morgan fingerprint density at radius 1 is 1.45 bits per heavy atom. The molecule has 20 heavy (non-hydrogen) atoms. The van der Waals surface area contributed by atoms with E-state index in [2.05, 4.69) is 20.5 Å². The summed E-state index contributed by atoms with van der Waals surface area (Å²) in [5.41, 5.74) is 0.801. The molecular weight excluding hydrogens is 509 g/mol. The number of nitrogens with one attached hydrogen (secondary N) is 2. The Labute approximate surface area is 110 Å². The molecule has 0 radical (unpaired) electrons. The van der Waals surface area contributed by atoms with E-state index >= 15 is 0 Å². The van der Waals surface area contributed by atoms with Crippen molar-refractivity contribution in [3.05, 3.63) is 11.3 Å². The quantitative estimate of drug-likeness (QED) is 0.226. The Balaban J connectivity index is 0.00000361. The minimum Gasteiger partial charge on any atom is -0.529 e. The largest absolute Gasteiger partial charge is 0.529 e. The molecule has 0 saturated heterocycles. The van der Waals surface area contributed by atoms with Crippen LogP contribution in [0.3, 0.4) is 0 Å². The first-order valence-corrected chi connectivity index (χ1v) is 5.53. The van der Waals surface area contributed by atoms with Gasteiger partial charge in [0.1, 0.15) is 0 Å². The molecule has 0 atom stereocenters. The van der Waals surface area contributed by atoms with Gasteiger partial charge in [0.2, 0.25) is 5.91 Å². The molecule has 8 nitrogen and oxygen atoms in total. The van der Waals surface area contributed by atoms with Crippen molar-refractivity contribution >= 4 is 24.1 Å². The minimum atomic E-state index is -0.523. The minimum absolute atomic E-state index is 0. The van der Waals surface area contributed by atoms with Crippen molar-refractivity contribution in [3.8, 4) is 0 Å². The number of rotatable bonds is 6. The number of ether oxygens (including phenoxy) is 1. The van der Waals surface area contributed by atoms with Crippen LogP contribution in [0, 0.1) is 6.92 Å². The van der Waals surface area contributed by atoms with Crippen molar-refractivity contribution in [1.82, 2.24) is 15.1 Å². The summed E-state index contributed by atoms with van der Waals surface area (Å²) in [6, 6.07) is 0. The van der Waals surface area contributed by atoms with E-state index in [9.17, 15) is 14.4 Å². The monoisotopic (exact) mass is 524 g/mol. The molecule has 1 aromatic rings. The van der Waals surface area contributed by atoms with E-state index in [-0.39, 0.29) is 24.6 Å². The maximum absolute atomic E-state index is 11.6. The fourth-order valence-corrected chi connectivity index (χ4v) is 1.55. The number of hydrogen-bond donors (Lipinski definition) is 2. The molecule has 0 unspecified atom stereocenters. The fraction of sp³-hybridized carbons (Fsp3) is 0.455. The Kier molecular flexibility index (Phi) is 5.94. The SMILES string of the molecule is COC(=O)c1c(C)c(NC(=O)CCN[C-]=O)nn1C.[Fm]. The van der Waals surface area contributed by atoms with Gasteiger partial charge in [0.15, 0.2) is 11.5 Å². The van der Waals surface area contributed by atoms with Crippen LogP contribution in [0.25, 0.3) is 0 Å². The average Bonchev–Trinajstić information content (AvgIpc) is 2.64. The maximum atomic E-state index is 11.6. The second-order valence-electron chi connectivity index (χ2n) is 3.76. The molecule has 1 aromatic heterocycles. The van der Waals surface area contributed by atoms with Crippen molar-refractivity contribution in [1.29, 1.82) is 0 Å². The van der Waals surface area contributed by atoms with Gasteiger partial charge < -0.3 is 20.2 Å². The normalized spacial score (nSPS) is 9.35. The summed E-state index contributed by atoms with van der Waals surface area (Å²) in [6.07, 6.45) is 1.57. The number of anilines is 1. The zero-order valence-electron chi connectivity index (χ0n) is 11.2. The van der Waals surface area contributed by atoms with Crippen LogP contribution in [0.1, 0.15) is 22.5 Å². The molecule has 0 saturated carbocycles. The third kappa shape index (κ3) is 3.56. The number of esters is 1. The third-order valence-corrected chi connectivity index (χ3v) is 2.47. The van der Waals surface area contributed by atoms with Gasteiger partial charge in [-0.05, 0) is 13.5 Å². The number of carbonyl (C=O) groups excluding carboxylic acids is 3. The number of amides is 2. The number of aromatic nitrogens is 2. The maximum Gasteiger partial charge on any atom is 0.356 e. The number of hydrogen-bond acceptors (Lipinski definition) is 5. The van der Waals surface area contributed by atoms with Crippen molar-refractivity contribution in [2.75, 3.05) is 19.0 Å². The van der Waals surface area contributed by atoms with E-state index in [1.807, 2.05) is 0 Å². The molecule has 0 spiro atoms. The van der Waals surface area contributed by atoms with E-state index in [0.29, 0.717) is 11.4 Å². The van der Waals surface area contributed by atoms with Crippen LogP contribution >= 0.6 is 0 Å². The molecule has 2 N–H and O–H groups in total. The molecule has 0 aliphatic heterocycles. The standard InChI is InChI=1S/C11H15N4O4.Fm/c1-7-9(11(18)19-3)15(2)14-10(7)13-8(17)4-5-12-6-16;/h4-5H2,1-3H3,(H,12,16)(H,13,14,17);/q-1;. The van der Waals surface area contributed by atoms with Crippen LogP contribution in [0.5, 0.6) is 0 Å².